The van der Waals surface area contributed by atoms with E-state index >= 15 is 0 Å². The van der Waals surface area contributed by atoms with E-state index in [-0.39, 0.29) is 18.9 Å². The van der Waals surface area contributed by atoms with E-state index in [2.05, 4.69) is 0 Å². The van der Waals surface area contributed by atoms with Gasteiger partial charge >= 0.3 is 18.9 Å². The molecular formula is C8H7F6LiO. The molecular weight excluding hydrogens is 233 g/mol. The van der Waals surface area contributed by atoms with Crippen LogP contribution < -0.4 is 24.0 Å². The molecule has 1 nitrogen and oxygen atoms in total. The number of hydrogen-bond donors (Lipinski definition) is 0. The van der Waals surface area contributed by atoms with Crippen LogP contribution in [0.5, 0.6) is 5.75 Å². The van der Waals surface area contributed by atoms with Crippen molar-refractivity contribution in [3.8, 4) is 5.75 Å². The summed E-state index contributed by atoms with van der Waals surface area (Å²) in [6.07, 6.45) is 0. The van der Waals surface area contributed by atoms with Gasteiger partial charge in [0.2, 0.25) is 13.9 Å². The number of hydrogen-bond acceptors (Lipinski definition) is 1. The maximum Gasteiger partial charge on any atom is 1.00 e. The minimum atomic E-state index is -1.75. The molecule has 0 aliphatic rings. The Hall–Kier alpha value is -0.803. The van der Waals surface area contributed by atoms with Crippen molar-refractivity contribution in [2.75, 3.05) is 13.9 Å². The predicted octanol–water partition coefficient (Wildman–Crippen LogP) is -0.192. The molecule has 16 heavy (non-hydrogen) atoms. The minimum absolute atomic E-state index is 0. The number of halogens is 6. The molecule has 0 fully saturated rings. The fourth-order valence-electron chi connectivity index (χ4n) is 0.529. The summed E-state index contributed by atoms with van der Waals surface area (Å²) in [6.45, 7) is -3.50. The van der Waals surface area contributed by atoms with Crippen LogP contribution in [0.15, 0.2) is 18.2 Å². The normalized spacial score (nSPS) is 7.62. The zero-order valence-corrected chi connectivity index (χ0v) is 8.32. The Balaban J connectivity index is -0.000000207. The maximum absolute atomic E-state index is 12.0. The van der Waals surface area contributed by atoms with Crippen molar-refractivity contribution in [2.45, 2.75) is 0 Å². The van der Waals surface area contributed by atoms with Crippen LogP contribution in [-0.4, -0.2) is 13.9 Å². The molecule has 0 saturated carbocycles. The van der Waals surface area contributed by atoms with Gasteiger partial charge in [0.25, 0.3) is 0 Å². The summed E-state index contributed by atoms with van der Waals surface area (Å²) in [4.78, 5) is 0. The molecule has 88 valence electrons. The average molecular weight is 240 g/mol. The van der Waals surface area contributed by atoms with Crippen LogP contribution in [-0.2, 0) is 0 Å². The summed E-state index contributed by atoms with van der Waals surface area (Å²) >= 11 is 0. The van der Waals surface area contributed by atoms with Crippen molar-refractivity contribution in [1.82, 2.24) is 0 Å². The largest absolute Gasteiger partial charge is 1.00 e. The van der Waals surface area contributed by atoms with Crippen molar-refractivity contribution in [3.05, 3.63) is 29.8 Å². The first-order valence-electron chi connectivity index (χ1n) is 3.38. The molecule has 0 unspecified atom stereocenters. The molecule has 0 N–H and O–H groups in total. The van der Waals surface area contributed by atoms with Crippen LogP contribution in [0.1, 0.15) is 0 Å². The quantitative estimate of drug-likeness (QED) is 0.455. The molecule has 0 spiro atoms. The zero-order valence-electron chi connectivity index (χ0n) is 8.32. The zero-order chi connectivity index (χ0) is 12.3. The molecule has 0 aliphatic heterocycles. The molecule has 1 rings (SSSR count). The first kappa shape index (κ1) is 20.6. The summed E-state index contributed by atoms with van der Waals surface area (Å²) in [5.41, 5.74) is 0. The van der Waals surface area contributed by atoms with Gasteiger partial charge in [0.15, 0.2) is 0 Å². The van der Waals surface area contributed by atoms with E-state index in [4.69, 9.17) is 0 Å². The van der Waals surface area contributed by atoms with E-state index in [0.29, 0.717) is 6.07 Å². The summed E-state index contributed by atoms with van der Waals surface area (Å²) in [6, 6.07) is 2.10. The molecule has 0 saturated heterocycles. The second-order valence-corrected chi connectivity index (χ2v) is 1.81. The van der Waals surface area contributed by atoms with Crippen LogP contribution in [0.25, 0.3) is 0 Å². The van der Waals surface area contributed by atoms with Crippen LogP contribution in [0, 0.1) is 11.6 Å². The van der Waals surface area contributed by atoms with Crippen molar-refractivity contribution >= 4 is 0 Å². The Morgan fingerprint density at radius 1 is 0.812 bits per heavy atom. The molecule has 0 atom stereocenters. The fourth-order valence-corrected chi connectivity index (χ4v) is 0.529. The Morgan fingerprint density at radius 2 is 1.06 bits per heavy atom. The standard InChI is InChI=1S/C6H4F2O.2CH2F2.Li/c7-4-1-5(8)3-6(9)2-4;2*2-1-3;/h1-3,9H;2*1H2;/q;;;+1/p-1. The van der Waals surface area contributed by atoms with E-state index in [1.807, 2.05) is 0 Å². The van der Waals surface area contributed by atoms with Gasteiger partial charge in [-0.25, -0.2) is 26.3 Å². The second-order valence-electron chi connectivity index (χ2n) is 1.81. The van der Waals surface area contributed by atoms with E-state index in [9.17, 15) is 31.4 Å². The van der Waals surface area contributed by atoms with E-state index in [0.717, 1.165) is 12.1 Å². The molecule has 0 aromatic heterocycles. The van der Waals surface area contributed by atoms with Crippen LogP contribution in [0.2, 0.25) is 0 Å². The smallest absolute Gasteiger partial charge is 0.872 e. The summed E-state index contributed by atoms with van der Waals surface area (Å²) in [7, 11) is 0. The van der Waals surface area contributed by atoms with Crippen molar-refractivity contribution in [3.63, 3.8) is 0 Å². The number of alkyl halides is 4. The topological polar surface area (TPSA) is 23.1 Å². The van der Waals surface area contributed by atoms with E-state index in [1.54, 1.807) is 0 Å². The average Bonchev–Trinajstić information content (AvgIpc) is 2.03. The molecule has 0 heterocycles. The number of benzene rings is 1. The molecule has 0 bridgehead atoms. The third kappa shape index (κ3) is 15.7. The molecule has 8 heteroatoms. The van der Waals surface area contributed by atoms with Gasteiger partial charge in [-0.2, -0.15) is 0 Å². The summed E-state index contributed by atoms with van der Waals surface area (Å²) < 4.78 is 62.5. The SMILES string of the molecule is FCF.FCF.[Li+].[O-]c1cc(F)cc(F)c1. The van der Waals surface area contributed by atoms with Crippen LogP contribution in [0.4, 0.5) is 26.3 Å². The second kappa shape index (κ2) is 14.2. The summed E-state index contributed by atoms with van der Waals surface area (Å²) in [5, 5.41) is 10.2. The molecule has 0 amide bonds. The Labute approximate surface area is 100 Å². The van der Waals surface area contributed by atoms with Gasteiger partial charge in [0.05, 0.1) is 0 Å². The van der Waals surface area contributed by atoms with E-state index in [1.165, 1.54) is 0 Å². The molecule has 1 aromatic rings. The van der Waals surface area contributed by atoms with Gasteiger partial charge < -0.3 is 5.11 Å². The first-order valence-corrected chi connectivity index (χ1v) is 3.38. The molecule has 1 aromatic carbocycles. The van der Waals surface area contributed by atoms with Crippen LogP contribution in [0.3, 0.4) is 0 Å². The van der Waals surface area contributed by atoms with E-state index < -0.39 is 31.2 Å². The molecule has 0 aliphatic carbocycles. The maximum atomic E-state index is 12.0. The third-order valence-electron chi connectivity index (χ3n) is 0.836. The fraction of sp³-hybridized carbons (Fsp3) is 0.250. The van der Waals surface area contributed by atoms with Crippen molar-refractivity contribution in [1.29, 1.82) is 0 Å². The van der Waals surface area contributed by atoms with Gasteiger partial charge in [-0.15, -0.1) is 5.75 Å². The van der Waals surface area contributed by atoms with Crippen LogP contribution >= 0.6 is 0 Å². The third-order valence-corrected chi connectivity index (χ3v) is 0.836. The van der Waals surface area contributed by atoms with Crippen molar-refractivity contribution in [2.24, 2.45) is 0 Å². The van der Waals surface area contributed by atoms with Gasteiger partial charge in [-0.1, -0.05) is 0 Å². The van der Waals surface area contributed by atoms with Gasteiger partial charge in [-0.3, -0.25) is 0 Å². The van der Waals surface area contributed by atoms with Gasteiger partial charge in [-0.05, 0) is 12.1 Å². The van der Waals surface area contributed by atoms with Gasteiger partial charge in [0.1, 0.15) is 11.6 Å². The Bertz CT molecular complexity index is 208. The first-order chi connectivity index (χ1) is 7.01. The van der Waals surface area contributed by atoms with Crippen molar-refractivity contribution < 1.29 is 50.3 Å². The van der Waals surface area contributed by atoms with Gasteiger partial charge in [0, 0.05) is 6.07 Å². The molecule has 0 radical (unpaired) electrons. The predicted molar refractivity (Wildman–Crippen MR) is 40.0 cm³/mol. The minimum Gasteiger partial charge on any atom is -0.872 e. The monoisotopic (exact) mass is 240 g/mol. The Morgan fingerprint density at radius 3 is 1.25 bits per heavy atom. The summed E-state index contributed by atoms with van der Waals surface area (Å²) in [5.74, 6) is -2.31. The number of rotatable bonds is 0. The Kier molecular flexibility index (Phi) is 18.3.